The highest BCUT2D eigenvalue weighted by Gasteiger charge is 2.15. The minimum atomic E-state index is -0.941. The fourth-order valence-corrected chi connectivity index (χ4v) is 2.16. The molecular formula is C14H11F2N3O. The lowest BCUT2D eigenvalue weighted by Crippen LogP contribution is -2.04. The molecule has 0 bridgehead atoms. The molecule has 0 spiro atoms. The van der Waals surface area contributed by atoms with Crippen molar-refractivity contribution in [2.75, 3.05) is 6.61 Å². The molecule has 0 saturated carbocycles. The normalized spacial score (nSPS) is 11.2. The molecule has 0 aliphatic heterocycles. The number of nitrogens with zero attached hydrogens (tertiary/aromatic N) is 3. The van der Waals surface area contributed by atoms with E-state index in [2.05, 4.69) is 9.97 Å². The molecule has 0 unspecified atom stereocenters. The smallest absolute Gasteiger partial charge is 0.161 e. The van der Waals surface area contributed by atoms with Gasteiger partial charge in [-0.3, -0.25) is 4.98 Å². The molecule has 3 rings (SSSR count). The topological polar surface area (TPSA) is 50.9 Å². The van der Waals surface area contributed by atoms with Gasteiger partial charge < -0.3 is 9.67 Å². The Bertz CT molecular complexity index is 756. The number of hydrogen-bond acceptors (Lipinski definition) is 3. The number of halogens is 2. The molecule has 3 aromatic rings. The first-order chi connectivity index (χ1) is 9.70. The second-order valence-electron chi connectivity index (χ2n) is 4.31. The Labute approximate surface area is 113 Å². The molecule has 0 atom stereocenters. The molecule has 0 saturated heterocycles. The number of aliphatic hydroxyl groups is 1. The van der Waals surface area contributed by atoms with Crippen LogP contribution in [0, 0.1) is 11.6 Å². The molecule has 1 N–H and O–H groups in total. The third kappa shape index (κ3) is 2.04. The zero-order valence-corrected chi connectivity index (χ0v) is 10.4. The van der Waals surface area contributed by atoms with E-state index in [4.69, 9.17) is 5.11 Å². The van der Waals surface area contributed by atoms with Crippen molar-refractivity contribution in [1.29, 1.82) is 0 Å². The fraction of sp³-hybridized carbons (Fsp3) is 0.143. The number of aromatic nitrogens is 3. The van der Waals surface area contributed by atoms with Gasteiger partial charge in [0.15, 0.2) is 11.6 Å². The van der Waals surface area contributed by atoms with Crippen LogP contribution in [-0.2, 0) is 6.54 Å². The van der Waals surface area contributed by atoms with Crippen LogP contribution >= 0.6 is 0 Å². The van der Waals surface area contributed by atoms with Crippen molar-refractivity contribution >= 4 is 11.0 Å². The Balaban J connectivity index is 2.28. The van der Waals surface area contributed by atoms with Gasteiger partial charge in [0, 0.05) is 36.6 Å². The standard InChI is InChI=1S/C14H11F2N3O/c15-10-6-12-13(7-11(10)16)19(4-5-20)14(18-12)9-2-1-3-17-8-9/h1-3,6-8,20H,4-5H2. The van der Waals surface area contributed by atoms with Gasteiger partial charge in [-0.2, -0.15) is 0 Å². The third-order valence-electron chi connectivity index (χ3n) is 3.03. The highest BCUT2D eigenvalue weighted by molar-refractivity contribution is 5.80. The van der Waals surface area contributed by atoms with E-state index in [0.29, 0.717) is 16.9 Å². The molecular weight excluding hydrogens is 264 g/mol. The Morgan fingerprint density at radius 3 is 2.70 bits per heavy atom. The van der Waals surface area contributed by atoms with Crippen molar-refractivity contribution in [2.24, 2.45) is 0 Å². The summed E-state index contributed by atoms with van der Waals surface area (Å²) < 4.78 is 28.3. The SMILES string of the molecule is OCCn1c(-c2cccnc2)nc2cc(F)c(F)cc21. The molecule has 1 aromatic carbocycles. The number of fused-ring (bicyclic) bond motifs is 1. The van der Waals surface area contributed by atoms with Gasteiger partial charge in [0.25, 0.3) is 0 Å². The average Bonchev–Trinajstić information content (AvgIpc) is 2.79. The van der Waals surface area contributed by atoms with Crippen molar-refractivity contribution < 1.29 is 13.9 Å². The van der Waals surface area contributed by atoms with Crippen LogP contribution in [0.1, 0.15) is 0 Å². The van der Waals surface area contributed by atoms with Crippen LogP contribution in [0.2, 0.25) is 0 Å². The number of aliphatic hydroxyl groups excluding tert-OH is 1. The van der Waals surface area contributed by atoms with Gasteiger partial charge in [0.1, 0.15) is 5.82 Å². The van der Waals surface area contributed by atoms with Crippen molar-refractivity contribution in [3.63, 3.8) is 0 Å². The molecule has 0 aliphatic rings. The predicted molar refractivity (Wildman–Crippen MR) is 70.0 cm³/mol. The monoisotopic (exact) mass is 275 g/mol. The first-order valence-corrected chi connectivity index (χ1v) is 6.07. The minimum absolute atomic E-state index is 0.127. The molecule has 2 heterocycles. The maximum Gasteiger partial charge on any atom is 0.161 e. The summed E-state index contributed by atoms with van der Waals surface area (Å²) in [5.41, 5.74) is 1.51. The van der Waals surface area contributed by atoms with E-state index in [9.17, 15) is 8.78 Å². The highest BCUT2D eigenvalue weighted by Crippen LogP contribution is 2.25. The predicted octanol–water partition coefficient (Wildman–Crippen LogP) is 2.37. The first-order valence-electron chi connectivity index (χ1n) is 6.07. The van der Waals surface area contributed by atoms with Crippen LogP contribution in [0.3, 0.4) is 0 Å². The van der Waals surface area contributed by atoms with Crippen molar-refractivity contribution in [3.8, 4) is 11.4 Å². The lowest BCUT2D eigenvalue weighted by atomic mass is 10.2. The van der Waals surface area contributed by atoms with Crippen molar-refractivity contribution in [2.45, 2.75) is 6.54 Å². The molecule has 0 radical (unpaired) electrons. The molecule has 6 heteroatoms. The molecule has 0 aliphatic carbocycles. The van der Waals surface area contributed by atoms with Crippen molar-refractivity contribution in [1.82, 2.24) is 14.5 Å². The second kappa shape index (κ2) is 4.97. The largest absolute Gasteiger partial charge is 0.395 e. The lowest BCUT2D eigenvalue weighted by Gasteiger charge is -2.07. The Morgan fingerprint density at radius 1 is 1.20 bits per heavy atom. The van der Waals surface area contributed by atoms with Gasteiger partial charge in [-0.05, 0) is 12.1 Å². The minimum Gasteiger partial charge on any atom is -0.395 e. The van der Waals surface area contributed by atoms with Gasteiger partial charge in [-0.1, -0.05) is 0 Å². The quantitative estimate of drug-likeness (QED) is 0.798. The molecule has 102 valence electrons. The van der Waals surface area contributed by atoms with Gasteiger partial charge in [0.2, 0.25) is 0 Å². The first kappa shape index (κ1) is 12.7. The van der Waals surface area contributed by atoms with Crippen LogP contribution in [0.15, 0.2) is 36.7 Å². The fourth-order valence-electron chi connectivity index (χ4n) is 2.16. The summed E-state index contributed by atoms with van der Waals surface area (Å²) in [7, 11) is 0. The summed E-state index contributed by atoms with van der Waals surface area (Å²) in [6, 6.07) is 5.69. The summed E-state index contributed by atoms with van der Waals surface area (Å²) in [6.45, 7) is 0.115. The van der Waals surface area contributed by atoms with E-state index in [0.717, 1.165) is 17.7 Å². The van der Waals surface area contributed by atoms with Crippen LogP contribution in [0.25, 0.3) is 22.4 Å². The maximum atomic E-state index is 13.4. The molecule has 0 fully saturated rings. The van der Waals surface area contributed by atoms with Gasteiger partial charge in [-0.15, -0.1) is 0 Å². The van der Waals surface area contributed by atoms with Crippen LogP contribution in [-0.4, -0.2) is 26.2 Å². The Morgan fingerprint density at radius 2 is 2.00 bits per heavy atom. The van der Waals surface area contributed by atoms with E-state index in [1.54, 1.807) is 29.1 Å². The molecule has 0 amide bonds. The lowest BCUT2D eigenvalue weighted by molar-refractivity contribution is 0.278. The van der Waals surface area contributed by atoms with E-state index in [1.807, 2.05) is 0 Å². The van der Waals surface area contributed by atoms with Crippen LogP contribution in [0.4, 0.5) is 8.78 Å². The Kier molecular flexibility index (Phi) is 3.15. The zero-order valence-electron chi connectivity index (χ0n) is 10.4. The summed E-state index contributed by atoms with van der Waals surface area (Å²) in [4.78, 5) is 8.31. The van der Waals surface area contributed by atoms with Crippen molar-refractivity contribution in [3.05, 3.63) is 48.3 Å². The van der Waals surface area contributed by atoms with E-state index in [-0.39, 0.29) is 13.2 Å². The van der Waals surface area contributed by atoms with E-state index < -0.39 is 11.6 Å². The zero-order chi connectivity index (χ0) is 14.1. The van der Waals surface area contributed by atoms with E-state index in [1.165, 1.54) is 0 Å². The van der Waals surface area contributed by atoms with Crippen LogP contribution < -0.4 is 0 Å². The average molecular weight is 275 g/mol. The summed E-state index contributed by atoms with van der Waals surface area (Å²) >= 11 is 0. The number of imidazole rings is 1. The number of benzene rings is 1. The summed E-state index contributed by atoms with van der Waals surface area (Å²) in [5, 5.41) is 9.16. The number of pyridine rings is 1. The highest BCUT2D eigenvalue weighted by atomic mass is 19.2. The summed E-state index contributed by atoms with van der Waals surface area (Å²) in [6.07, 6.45) is 3.24. The van der Waals surface area contributed by atoms with Gasteiger partial charge in [-0.25, -0.2) is 13.8 Å². The maximum absolute atomic E-state index is 13.4. The Hall–Kier alpha value is -2.34. The number of hydrogen-bond donors (Lipinski definition) is 1. The van der Waals surface area contributed by atoms with E-state index >= 15 is 0 Å². The van der Waals surface area contributed by atoms with Gasteiger partial charge in [0.05, 0.1) is 17.6 Å². The molecule has 20 heavy (non-hydrogen) atoms. The second-order valence-corrected chi connectivity index (χ2v) is 4.31. The van der Waals surface area contributed by atoms with Crippen LogP contribution in [0.5, 0.6) is 0 Å². The summed E-state index contributed by atoms with van der Waals surface area (Å²) in [5.74, 6) is -1.36. The number of rotatable bonds is 3. The van der Waals surface area contributed by atoms with Gasteiger partial charge >= 0.3 is 0 Å². The third-order valence-corrected chi connectivity index (χ3v) is 3.03. The molecule has 2 aromatic heterocycles. The molecule has 4 nitrogen and oxygen atoms in total.